The van der Waals surface area contributed by atoms with Gasteiger partial charge in [-0.15, -0.1) is 0 Å². The molecule has 1 aromatic heterocycles. The molecule has 0 aliphatic rings. The zero-order chi connectivity index (χ0) is 37.6. The van der Waals surface area contributed by atoms with Gasteiger partial charge in [0.05, 0.1) is 11.0 Å². The summed E-state index contributed by atoms with van der Waals surface area (Å²) in [5.74, 6) is 0. The van der Waals surface area contributed by atoms with E-state index in [9.17, 15) is 0 Å². The van der Waals surface area contributed by atoms with Gasteiger partial charge in [0, 0.05) is 45.7 Å². The van der Waals surface area contributed by atoms with Crippen molar-refractivity contribution in [1.29, 1.82) is 10.8 Å². The van der Waals surface area contributed by atoms with Crippen LogP contribution in [0.2, 0.25) is 0 Å². The summed E-state index contributed by atoms with van der Waals surface area (Å²) in [6.45, 7) is 2.18. The quantitative estimate of drug-likeness (QED) is 0.0858. The maximum Gasteiger partial charge on any atom is 0.0541 e. The fraction of sp³-hybridized carbons (Fsp3) is 0.0588. The van der Waals surface area contributed by atoms with Crippen molar-refractivity contribution in [2.45, 2.75) is 19.8 Å². The Bertz CT molecular complexity index is 2720. The normalized spacial score (nSPS) is 11.7. The first-order valence-corrected chi connectivity index (χ1v) is 18.7. The highest BCUT2D eigenvalue weighted by molar-refractivity contribution is 6.16. The largest absolute Gasteiger partial charge is 0.355 e. The number of hydrogen-bond acceptors (Lipinski definition) is 3. The first-order chi connectivity index (χ1) is 27.0. The fourth-order valence-corrected chi connectivity index (χ4v) is 7.23. The van der Waals surface area contributed by atoms with Gasteiger partial charge in [-0.2, -0.15) is 0 Å². The molecule has 0 bridgehead atoms. The van der Waals surface area contributed by atoms with Gasteiger partial charge in [0.1, 0.15) is 0 Å². The van der Waals surface area contributed by atoms with Crippen molar-refractivity contribution in [3.05, 3.63) is 216 Å². The van der Waals surface area contributed by atoms with E-state index in [1.807, 2.05) is 60.7 Å². The maximum atomic E-state index is 8.82. The van der Waals surface area contributed by atoms with Crippen LogP contribution in [0.4, 0.5) is 11.4 Å². The predicted octanol–water partition coefficient (Wildman–Crippen LogP) is 13.2. The molecule has 4 nitrogen and oxygen atoms in total. The molecule has 8 aromatic rings. The summed E-state index contributed by atoms with van der Waals surface area (Å²) in [5, 5.41) is 23.4. The van der Waals surface area contributed by atoms with E-state index in [0.29, 0.717) is 11.4 Å². The lowest BCUT2D eigenvalue weighted by Gasteiger charge is -2.12. The van der Waals surface area contributed by atoms with Gasteiger partial charge in [-0.3, -0.25) is 0 Å². The van der Waals surface area contributed by atoms with Crippen LogP contribution in [0.5, 0.6) is 0 Å². The highest BCUT2D eigenvalue weighted by atomic mass is 15.0. The summed E-state index contributed by atoms with van der Waals surface area (Å²) >= 11 is 0. The minimum Gasteiger partial charge on any atom is -0.355 e. The Balaban J connectivity index is 1.05. The summed E-state index contributed by atoms with van der Waals surface area (Å²) < 4.78 is 2.35. The van der Waals surface area contributed by atoms with Crippen LogP contribution in [0.15, 0.2) is 194 Å². The van der Waals surface area contributed by atoms with Gasteiger partial charge in [0.2, 0.25) is 0 Å². The molecular weight excluding hydrogens is 669 g/mol. The molecule has 55 heavy (non-hydrogen) atoms. The van der Waals surface area contributed by atoms with E-state index in [4.69, 9.17) is 10.8 Å². The third-order valence-corrected chi connectivity index (χ3v) is 10.1. The minimum atomic E-state index is 0.281. The molecule has 7 aromatic carbocycles. The number of allylic oxidation sites excluding steroid dienone is 4. The molecule has 0 fully saturated rings. The molecule has 4 heteroatoms. The molecule has 0 saturated heterocycles. The number of anilines is 2. The van der Waals surface area contributed by atoms with E-state index >= 15 is 0 Å². The van der Waals surface area contributed by atoms with Crippen LogP contribution in [0, 0.1) is 10.8 Å². The first kappa shape index (κ1) is 35.0. The van der Waals surface area contributed by atoms with E-state index < -0.39 is 0 Å². The van der Waals surface area contributed by atoms with Crippen LogP contribution in [-0.2, 0) is 6.42 Å². The van der Waals surface area contributed by atoms with Crippen LogP contribution in [-0.4, -0.2) is 16.0 Å². The molecule has 0 unspecified atom stereocenters. The molecule has 0 saturated carbocycles. The lowest BCUT2D eigenvalue weighted by Crippen LogP contribution is -2.08. The summed E-state index contributed by atoms with van der Waals surface area (Å²) in [6.07, 6.45) is 7.70. The summed E-state index contributed by atoms with van der Waals surface area (Å²) in [6, 6.07) is 60.6. The monoisotopic (exact) mass is 710 g/mol. The molecular formula is C51H42N4. The average Bonchev–Trinajstić information content (AvgIpc) is 3.57. The first-order valence-electron chi connectivity index (χ1n) is 18.7. The number of rotatable bonds is 12. The molecule has 1 heterocycles. The smallest absolute Gasteiger partial charge is 0.0541 e. The molecule has 3 N–H and O–H groups in total. The molecule has 0 spiro atoms. The highest BCUT2D eigenvalue weighted by Crippen LogP contribution is 2.35. The van der Waals surface area contributed by atoms with Crippen molar-refractivity contribution in [2.75, 3.05) is 5.32 Å². The second-order valence-electron chi connectivity index (χ2n) is 13.8. The Morgan fingerprint density at radius 2 is 1.22 bits per heavy atom. The Hall–Kier alpha value is -7.04. The summed E-state index contributed by atoms with van der Waals surface area (Å²) in [5.41, 5.74) is 13.9. The van der Waals surface area contributed by atoms with Gasteiger partial charge in [-0.1, -0.05) is 140 Å². The molecule has 0 aliphatic carbocycles. The Labute approximate surface area is 322 Å². The number of benzene rings is 7. The number of para-hydroxylation sites is 3. The van der Waals surface area contributed by atoms with Crippen molar-refractivity contribution >= 4 is 50.2 Å². The fourth-order valence-electron chi connectivity index (χ4n) is 7.23. The summed E-state index contributed by atoms with van der Waals surface area (Å²) in [4.78, 5) is 0. The zero-order valence-corrected chi connectivity index (χ0v) is 30.8. The number of nitrogens with zero attached hydrogens (tertiary/aromatic N) is 1. The SMILES string of the molecule is CC(=CC=CCc1ccccc1Nc1ccccc1)c1ccc2c(c1)c1ccccc1n2-c1cccc(-c2cccc(C(=N)CC(=N)c3ccccc3)c2)c1. The van der Waals surface area contributed by atoms with E-state index in [1.54, 1.807) is 0 Å². The van der Waals surface area contributed by atoms with Gasteiger partial charge in [0.25, 0.3) is 0 Å². The van der Waals surface area contributed by atoms with Gasteiger partial charge in [-0.25, -0.2) is 0 Å². The molecule has 0 amide bonds. The Morgan fingerprint density at radius 1 is 0.564 bits per heavy atom. The lowest BCUT2D eigenvalue weighted by molar-refractivity contribution is 1.18. The Kier molecular flexibility index (Phi) is 10.1. The molecule has 266 valence electrons. The highest BCUT2D eigenvalue weighted by Gasteiger charge is 2.14. The van der Waals surface area contributed by atoms with Crippen molar-refractivity contribution in [1.82, 2.24) is 4.57 Å². The molecule has 8 rings (SSSR count). The second-order valence-corrected chi connectivity index (χ2v) is 13.8. The predicted molar refractivity (Wildman–Crippen MR) is 234 cm³/mol. The minimum absolute atomic E-state index is 0.281. The van der Waals surface area contributed by atoms with Crippen molar-refractivity contribution < 1.29 is 0 Å². The molecule has 0 atom stereocenters. The average molecular weight is 711 g/mol. The lowest BCUT2D eigenvalue weighted by atomic mass is 9.97. The number of nitrogens with one attached hydrogen (secondary N) is 3. The Morgan fingerprint density at radius 3 is 2.05 bits per heavy atom. The van der Waals surface area contributed by atoms with E-state index in [1.165, 1.54) is 27.5 Å². The molecule has 0 radical (unpaired) electrons. The van der Waals surface area contributed by atoms with Crippen LogP contribution in [0.3, 0.4) is 0 Å². The standard InChI is InChI=1S/C51H42N4/c1-36(16-8-9-19-38-20-10-12-28-49(38)54-43-24-6-3-7-25-43)39-30-31-51-46(34-39)45-27-11-13-29-50(45)55(51)44-26-15-22-41(33-44)40-21-14-23-42(32-40)48(53)35-47(52)37-17-4-2-5-18-37/h2-18,20-34,52-54H,19,35H2,1H3. The zero-order valence-electron chi connectivity index (χ0n) is 30.8. The third kappa shape index (κ3) is 7.71. The molecule has 0 aliphatic heterocycles. The van der Waals surface area contributed by atoms with Crippen LogP contribution < -0.4 is 5.32 Å². The van der Waals surface area contributed by atoms with E-state index in [-0.39, 0.29) is 6.42 Å². The summed E-state index contributed by atoms with van der Waals surface area (Å²) in [7, 11) is 0. The number of fused-ring (bicyclic) bond motifs is 3. The van der Waals surface area contributed by atoms with E-state index in [2.05, 4.69) is 150 Å². The van der Waals surface area contributed by atoms with Crippen molar-refractivity contribution in [3.8, 4) is 16.8 Å². The van der Waals surface area contributed by atoms with Crippen molar-refractivity contribution in [2.24, 2.45) is 0 Å². The number of aromatic nitrogens is 1. The third-order valence-electron chi connectivity index (χ3n) is 10.1. The van der Waals surface area contributed by atoms with Crippen LogP contribution in [0.25, 0.3) is 44.2 Å². The number of hydrogen-bond donors (Lipinski definition) is 3. The van der Waals surface area contributed by atoms with Gasteiger partial charge in [-0.05, 0) is 107 Å². The van der Waals surface area contributed by atoms with E-state index in [0.717, 1.165) is 56.8 Å². The van der Waals surface area contributed by atoms with Crippen LogP contribution >= 0.6 is 0 Å². The maximum absolute atomic E-state index is 8.82. The topological polar surface area (TPSA) is 64.7 Å². The van der Waals surface area contributed by atoms with Gasteiger partial charge in [0.15, 0.2) is 0 Å². The van der Waals surface area contributed by atoms with Crippen molar-refractivity contribution in [3.63, 3.8) is 0 Å². The van der Waals surface area contributed by atoms with Gasteiger partial charge >= 0.3 is 0 Å². The second kappa shape index (κ2) is 15.9. The van der Waals surface area contributed by atoms with Gasteiger partial charge < -0.3 is 20.7 Å². The van der Waals surface area contributed by atoms with Crippen LogP contribution in [0.1, 0.15) is 35.6 Å².